The zero-order valence-electron chi connectivity index (χ0n) is 12.6. The lowest BCUT2D eigenvalue weighted by Crippen LogP contribution is -2.23. The summed E-state index contributed by atoms with van der Waals surface area (Å²) in [5.41, 5.74) is 1.82. The lowest BCUT2D eigenvalue weighted by molar-refractivity contribution is 0.107. The Hall–Kier alpha value is -2.65. The molecule has 1 fully saturated rings. The molecule has 1 N–H and O–H groups in total. The van der Waals surface area contributed by atoms with Gasteiger partial charge in [-0.25, -0.2) is 9.37 Å². The van der Waals surface area contributed by atoms with E-state index in [0.717, 1.165) is 12.0 Å². The van der Waals surface area contributed by atoms with Crippen molar-refractivity contribution < 1.29 is 13.9 Å². The Labute approximate surface area is 133 Å². The summed E-state index contributed by atoms with van der Waals surface area (Å²) in [4.78, 5) is 4.20. The van der Waals surface area contributed by atoms with E-state index in [1.165, 1.54) is 12.1 Å². The van der Waals surface area contributed by atoms with E-state index in [1.807, 2.05) is 12.1 Å². The van der Waals surface area contributed by atoms with Gasteiger partial charge in [-0.3, -0.25) is 0 Å². The monoisotopic (exact) mass is 313 g/mol. The van der Waals surface area contributed by atoms with Crippen molar-refractivity contribution in [3.05, 3.63) is 53.5 Å². The number of halogens is 1. The molecule has 23 heavy (non-hydrogen) atoms. The molecule has 0 amide bonds. The van der Waals surface area contributed by atoms with E-state index in [9.17, 15) is 4.39 Å². The molecule has 1 aliphatic rings. The maximum Gasteiger partial charge on any atom is 0.212 e. The van der Waals surface area contributed by atoms with Crippen LogP contribution in [-0.4, -0.2) is 24.7 Å². The molecule has 118 valence electrons. The summed E-state index contributed by atoms with van der Waals surface area (Å²) in [6.45, 7) is 0.609. The van der Waals surface area contributed by atoms with Crippen LogP contribution in [0.3, 0.4) is 0 Å². The van der Waals surface area contributed by atoms with E-state index < -0.39 is 5.82 Å². The van der Waals surface area contributed by atoms with Crippen molar-refractivity contribution in [3.8, 4) is 11.9 Å². The van der Waals surface area contributed by atoms with E-state index in [2.05, 4.69) is 10.3 Å². The van der Waals surface area contributed by atoms with Gasteiger partial charge in [0.25, 0.3) is 0 Å². The molecule has 1 aromatic heterocycles. The Kier molecular flexibility index (Phi) is 4.40. The van der Waals surface area contributed by atoms with Crippen molar-refractivity contribution in [1.29, 1.82) is 5.26 Å². The van der Waals surface area contributed by atoms with Crippen LogP contribution in [0, 0.1) is 17.1 Å². The third kappa shape index (κ3) is 3.25. The highest BCUT2D eigenvalue weighted by Gasteiger charge is 2.30. The SMILES string of the molecule is COc1ccc([C@H]2OCC[C@@H]2Nc2ccc(F)cc2C#N)cn1. The highest BCUT2D eigenvalue weighted by atomic mass is 19.1. The summed E-state index contributed by atoms with van der Waals surface area (Å²) < 4.78 is 24.1. The average Bonchev–Trinajstić information content (AvgIpc) is 3.04. The first-order valence-electron chi connectivity index (χ1n) is 7.29. The number of hydrogen-bond donors (Lipinski definition) is 1. The van der Waals surface area contributed by atoms with Gasteiger partial charge in [-0.1, -0.05) is 0 Å². The van der Waals surface area contributed by atoms with E-state index in [-0.39, 0.29) is 17.7 Å². The predicted molar refractivity (Wildman–Crippen MR) is 82.6 cm³/mol. The predicted octanol–water partition coefficient (Wildman–Crippen LogP) is 3.04. The lowest BCUT2D eigenvalue weighted by atomic mass is 10.0. The van der Waals surface area contributed by atoms with Crippen LogP contribution >= 0.6 is 0 Å². The Morgan fingerprint density at radius 1 is 1.39 bits per heavy atom. The smallest absolute Gasteiger partial charge is 0.212 e. The van der Waals surface area contributed by atoms with Crippen LogP contribution in [0.2, 0.25) is 0 Å². The number of methoxy groups -OCH3 is 1. The number of nitriles is 1. The first-order chi connectivity index (χ1) is 11.2. The van der Waals surface area contributed by atoms with Gasteiger partial charge in [0.05, 0.1) is 24.4 Å². The molecule has 2 atom stereocenters. The number of ether oxygens (including phenoxy) is 2. The molecule has 0 aliphatic carbocycles. The van der Waals surface area contributed by atoms with Crippen LogP contribution in [0.4, 0.5) is 10.1 Å². The number of pyridine rings is 1. The number of anilines is 1. The molecule has 1 aliphatic heterocycles. The minimum Gasteiger partial charge on any atom is -0.481 e. The van der Waals surface area contributed by atoms with E-state index in [1.54, 1.807) is 25.4 Å². The second-order valence-corrected chi connectivity index (χ2v) is 5.27. The summed E-state index contributed by atoms with van der Waals surface area (Å²) in [7, 11) is 1.57. The van der Waals surface area contributed by atoms with Crippen LogP contribution in [0.1, 0.15) is 23.7 Å². The molecule has 0 radical (unpaired) electrons. The number of hydrogen-bond acceptors (Lipinski definition) is 5. The minimum absolute atomic E-state index is 0.0113. The molecule has 0 bridgehead atoms. The highest BCUT2D eigenvalue weighted by molar-refractivity contribution is 5.58. The largest absolute Gasteiger partial charge is 0.481 e. The molecule has 6 heteroatoms. The molecule has 1 saturated heterocycles. The zero-order chi connectivity index (χ0) is 16.2. The van der Waals surface area contributed by atoms with E-state index in [0.29, 0.717) is 18.2 Å². The van der Waals surface area contributed by atoms with Crippen LogP contribution < -0.4 is 10.1 Å². The molecule has 0 unspecified atom stereocenters. The number of nitrogens with zero attached hydrogens (tertiary/aromatic N) is 2. The second kappa shape index (κ2) is 6.63. The maximum atomic E-state index is 13.2. The van der Waals surface area contributed by atoms with E-state index >= 15 is 0 Å². The maximum absolute atomic E-state index is 13.2. The third-order valence-electron chi connectivity index (χ3n) is 3.83. The zero-order valence-corrected chi connectivity index (χ0v) is 12.6. The lowest BCUT2D eigenvalue weighted by Gasteiger charge is -2.21. The van der Waals surface area contributed by atoms with Crippen molar-refractivity contribution in [3.63, 3.8) is 0 Å². The summed E-state index contributed by atoms with van der Waals surface area (Å²) in [6, 6.07) is 9.83. The van der Waals surface area contributed by atoms with Crippen LogP contribution in [-0.2, 0) is 4.74 Å². The first-order valence-corrected chi connectivity index (χ1v) is 7.29. The Morgan fingerprint density at radius 2 is 2.26 bits per heavy atom. The van der Waals surface area contributed by atoms with Crippen LogP contribution in [0.25, 0.3) is 0 Å². The van der Waals surface area contributed by atoms with Gasteiger partial charge >= 0.3 is 0 Å². The molecule has 2 aromatic rings. The summed E-state index contributed by atoms with van der Waals surface area (Å²) in [5.74, 6) is 0.118. The summed E-state index contributed by atoms with van der Waals surface area (Å²) in [6.07, 6.45) is 2.34. The van der Waals surface area contributed by atoms with Crippen LogP contribution in [0.15, 0.2) is 36.5 Å². The van der Waals surface area contributed by atoms with Crippen molar-refractivity contribution in [2.75, 3.05) is 19.0 Å². The summed E-state index contributed by atoms with van der Waals surface area (Å²) >= 11 is 0. The van der Waals surface area contributed by atoms with Gasteiger partial charge in [-0.2, -0.15) is 5.26 Å². The topological polar surface area (TPSA) is 67.2 Å². The number of nitrogens with one attached hydrogen (secondary N) is 1. The van der Waals surface area contributed by atoms with Gasteiger partial charge in [0.15, 0.2) is 0 Å². The van der Waals surface area contributed by atoms with Gasteiger partial charge in [0, 0.05) is 24.4 Å². The minimum atomic E-state index is -0.425. The number of benzene rings is 1. The quantitative estimate of drug-likeness (QED) is 0.939. The van der Waals surface area contributed by atoms with Gasteiger partial charge in [-0.15, -0.1) is 0 Å². The van der Waals surface area contributed by atoms with Crippen molar-refractivity contribution in [2.24, 2.45) is 0 Å². The average molecular weight is 313 g/mol. The van der Waals surface area contributed by atoms with Gasteiger partial charge in [-0.05, 0) is 30.7 Å². The summed E-state index contributed by atoms with van der Waals surface area (Å²) in [5, 5.41) is 12.4. The molecule has 0 spiro atoms. The highest BCUT2D eigenvalue weighted by Crippen LogP contribution is 2.32. The fourth-order valence-electron chi connectivity index (χ4n) is 2.68. The molecular formula is C17H16FN3O2. The third-order valence-corrected chi connectivity index (χ3v) is 3.83. The first kappa shape index (κ1) is 15.3. The van der Waals surface area contributed by atoms with Crippen molar-refractivity contribution in [2.45, 2.75) is 18.6 Å². The molecular weight excluding hydrogens is 297 g/mol. The molecule has 0 saturated carbocycles. The van der Waals surface area contributed by atoms with Crippen LogP contribution in [0.5, 0.6) is 5.88 Å². The molecule has 1 aromatic carbocycles. The van der Waals surface area contributed by atoms with Crippen molar-refractivity contribution in [1.82, 2.24) is 4.98 Å². The van der Waals surface area contributed by atoms with E-state index in [4.69, 9.17) is 14.7 Å². The Morgan fingerprint density at radius 3 is 2.96 bits per heavy atom. The standard InChI is InChI=1S/C17H16FN3O2/c1-22-16-5-2-11(10-20-16)17-15(6-7-23-17)21-14-4-3-13(18)8-12(14)9-19/h2-5,8,10,15,17,21H,6-7H2,1H3/t15-,17+/m0/s1. The second-order valence-electron chi connectivity index (χ2n) is 5.27. The number of rotatable bonds is 4. The van der Waals surface area contributed by atoms with Crippen molar-refractivity contribution >= 4 is 5.69 Å². The molecule has 5 nitrogen and oxygen atoms in total. The van der Waals surface area contributed by atoms with Gasteiger partial charge < -0.3 is 14.8 Å². The van der Waals surface area contributed by atoms with Gasteiger partial charge in [0.2, 0.25) is 5.88 Å². The normalized spacial score (nSPS) is 20.0. The molecule has 3 rings (SSSR count). The fourth-order valence-corrected chi connectivity index (χ4v) is 2.68. The Bertz CT molecular complexity index is 728. The number of aromatic nitrogens is 1. The fraction of sp³-hybridized carbons (Fsp3) is 0.294. The molecule has 2 heterocycles. The Balaban J connectivity index is 1.80. The van der Waals surface area contributed by atoms with Gasteiger partial charge in [0.1, 0.15) is 18.0 Å².